The minimum absolute atomic E-state index is 0.0100. The Morgan fingerprint density at radius 2 is 1.92 bits per heavy atom. The number of halogens is 1. The molecule has 0 aliphatic heterocycles. The van der Waals surface area contributed by atoms with Crippen LogP contribution in [0.3, 0.4) is 0 Å². The van der Waals surface area contributed by atoms with Gasteiger partial charge in [-0.05, 0) is 58.6 Å². The Morgan fingerprint density at radius 3 is 2.50 bits per heavy atom. The predicted octanol–water partition coefficient (Wildman–Crippen LogP) is 3.04. The topological polar surface area (TPSA) is 63.1 Å². The van der Waals surface area contributed by atoms with Gasteiger partial charge < -0.3 is 5.32 Å². The summed E-state index contributed by atoms with van der Waals surface area (Å²) in [7, 11) is 3.92. The quantitative estimate of drug-likeness (QED) is 0.715. The van der Waals surface area contributed by atoms with Gasteiger partial charge in [-0.2, -0.15) is 0 Å². The van der Waals surface area contributed by atoms with E-state index in [4.69, 9.17) is 0 Å². The summed E-state index contributed by atoms with van der Waals surface area (Å²) in [6.07, 6.45) is 0.882. The normalized spacial score (nSPS) is 13.7. The number of nitrogens with zero attached hydrogens (tertiary/aromatic N) is 4. The minimum atomic E-state index is -0.300. The highest BCUT2D eigenvalue weighted by atomic mass is 32.2. The summed E-state index contributed by atoms with van der Waals surface area (Å²) in [5, 5.41) is 12.1. The maximum atomic E-state index is 13.3. The van der Waals surface area contributed by atoms with Crippen LogP contribution in [0.15, 0.2) is 29.4 Å². The highest BCUT2D eigenvalue weighted by Gasteiger charge is 2.21. The van der Waals surface area contributed by atoms with Gasteiger partial charge in [0.15, 0.2) is 11.0 Å². The predicted molar refractivity (Wildman–Crippen MR) is 102 cm³/mol. The third-order valence-corrected chi connectivity index (χ3v) is 5.17. The van der Waals surface area contributed by atoms with Crippen LogP contribution in [0.2, 0.25) is 0 Å². The van der Waals surface area contributed by atoms with E-state index in [1.807, 2.05) is 44.3 Å². The Kier molecular flexibility index (Phi) is 7.16. The molecule has 142 valence electrons. The van der Waals surface area contributed by atoms with E-state index in [1.165, 1.54) is 23.9 Å². The lowest BCUT2D eigenvalue weighted by Gasteiger charge is -2.20. The van der Waals surface area contributed by atoms with Crippen molar-refractivity contribution in [2.24, 2.45) is 0 Å². The van der Waals surface area contributed by atoms with Crippen LogP contribution in [0.4, 0.5) is 4.39 Å². The molecular weight excluding hydrogens is 353 g/mol. The second kappa shape index (κ2) is 9.14. The molecule has 0 aliphatic carbocycles. The fourth-order valence-corrected chi connectivity index (χ4v) is 3.03. The van der Waals surface area contributed by atoms with Crippen molar-refractivity contribution in [3.8, 4) is 5.69 Å². The van der Waals surface area contributed by atoms with Crippen molar-refractivity contribution in [1.29, 1.82) is 0 Å². The highest BCUT2D eigenvalue weighted by molar-refractivity contribution is 7.99. The smallest absolute Gasteiger partial charge is 0.230 e. The number of aromatic nitrogens is 3. The van der Waals surface area contributed by atoms with Gasteiger partial charge in [-0.3, -0.25) is 14.3 Å². The van der Waals surface area contributed by atoms with Crippen LogP contribution in [-0.4, -0.2) is 51.5 Å². The number of carbonyl (C=O) groups is 1. The van der Waals surface area contributed by atoms with Crippen LogP contribution >= 0.6 is 11.8 Å². The number of carbonyl (C=O) groups excluding carboxylic acids is 1. The molecule has 8 heteroatoms. The fraction of sp³-hybridized carbons (Fsp3) is 0.500. The first kappa shape index (κ1) is 20.4. The SMILES string of the molecule is CC[C@H](C)NC(=O)CSc1nnc([C@@H](C)N(C)C)n1-c1ccc(F)cc1. The molecule has 2 atom stereocenters. The molecule has 0 unspecified atom stereocenters. The number of rotatable bonds is 8. The van der Waals surface area contributed by atoms with Crippen molar-refractivity contribution >= 4 is 17.7 Å². The Morgan fingerprint density at radius 1 is 1.27 bits per heavy atom. The largest absolute Gasteiger partial charge is 0.353 e. The first-order valence-corrected chi connectivity index (χ1v) is 9.61. The summed E-state index contributed by atoms with van der Waals surface area (Å²) in [6.45, 7) is 6.02. The number of hydrogen-bond donors (Lipinski definition) is 1. The van der Waals surface area contributed by atoms with Crippen molar-refractivity contribution < 1.29 is 9.18 Å². The van der Waals surface area contributed by atoms with E-state index in [9.17, 15) is 9.18 Å². The number of benzene rings is 1. The van der Waals surface area contributed by atoms with E-state index in [0.29, 0.717) is 5.16 Å². The monoisotopic (exact) mass is 379 g/mol. The molecule has 0 bridgehead atoms. The van der Waals surface area contributed by atoms with Crippen molar-refractivity contribution in [3.63, 3.8) is 0 Å². The van der Waals surface area contributed by atoms with Crippen LogP contribution in [-0.2, 0) is 4.79 Å². The van der Waals surface area contributed by atoms with E-state index in [0.717, 1.165) is 17.9 Å². The van der Waals surface area contributed by atoms with Crippen LogP contribution in [0.1, 0.15) is 39.1 Å². The van der Waals surface area contributed by atoms with Gasteiger partial charge in [0.05, 0.1) is 11.8 Å². The van der Waals surface area contributed by atoms with E-state index in [2.05, 4.69) is 15.5 Å². The molecule has 1 aromatic heterocycles. The molecule has 1 aromatic carbocycles. The Labute approximate surface area is 158 Å². The molecule has 0 saturated heterocycles. The van der Waals surface area contributed by atoms with Gasteiger partial charge in [0.25, 0.3) is 0 Å². The van der Waals surface area contributed by atoms with Gasteiger partial charge in [0.2, 0.25) is 5.91 Å². The zero-order chi connectivity index (χ0) is 19.3. The van der Waals surface area contributed by atoms with Crippen LogP contribution in [0.5, 0.6) is 0 Å². The molecule has 0 radical (unpaired) electrons. The van der Waals surface area contributed by atoms with Crippen LogP contribution in [0.25, 0.3) is 5.69 Å². The van der Waals surface area contributed by atoms with Crippen molar-refractivity contribution in [2.75, 3.05) is 19.8 Å². The molecule has 2 aromatic rings. The van der Waals surface area contributed by atoms with E-state index in [1.54, 1.807) is 12.1 Å². The van der Waals surface area contributed by atoms with Gasteiger partial charge in [-0.15, -0.1) is 10.2 Å². The Balaban J connectivity index is 2.28. The van der Waals surface area contributed by atoms with E-state index >= 15 is 0 Å². The highest BCUT2D eigenvalue weighted by Crippen LogP contribution is 2.26. The molecule has 6 nitrogen and oxygen atoms in total. The minimum Gasteiger partial charge on any atom is -0.353 e. The lowest BCUT2D eigenvalue weighted by Crippen LogP contribution is -2.33. The molecule has 2 rings (SSSR count). The summed E-state index contributed by atoms with van der Waals surface area (Å²) in [4.78, 5) is 14.1. The average molecular weight is 380 g/mol. The lowest BCUT2D eigenvalue weighted by atomic mass is 10.2. The molecule has 26 heavy (non-hydrogen) atoms. The van der Waals surface area contributed by atoms with Gasteiger partial charge in [0.1, 0.15) is 5.82 Å². The van der Waals surface area contributed by atoms with Gasteiger partial charge >= 0.3 is 0 Å². The molecule has 1 amide bonds. The summed E-state index contributed by atoms with van der Waals surface area (Å²) in [5.41, 5.74) is 0.768. The van der Waals surface area contributed by atoms with Crippen molar-refractivity contribution in [3.05, 3.63) is 35.9 Å². The molecular formula is C18H26FN5OS. The zero-order valence-electron chi connectivity index (χ0n) is 15.9. The maximum Gasteiger partial charge on any atom is 0.230 e. The summed E-state index contributed by atoms with van der Waals surface area (Å²) < 4.78 is 15.2. The number of thioether (sulfide) groups is 1. The molecule has 0 saturated carbocycles. The molecule has 0 fully saturated rings. The average Bonchev–Trinajstić information content (AvgIpc) is 3.03. The summed E-state index contributed by atoms with van der Waals surface area (Å²) in [6, 6.07) is 6.34. The first-order valence-electron chi connectivity index (χ1n) is 8.63. The van der Waals surface area contributed by atoms with Crippen molar-refractivity contribution in [1.82, 2.24) is 25.0 Å². The lowest BCUT2D eigenvalue weighted by molar-refractivity contribution is -0.119. The molecule has 1 heterocycles. The summed E-state index contributed by atoms with van der Waals surface area (Å²) >= 11 is 1.32. The second-order valence-corrected chi connectivity index (χ2v) is 7.40. The number of hydrogen-bond acceptors (Lipinski definition) is 5. The molecule has 1 N–H and O–H groups in total. The zero-order valence-corrected chi connectivity index (χ0v) is 16.7. The third kappa shape index (κ3) is 5.04. The fourth-order valence-electron chi connectivity index (χ4n) is 2.26. The van der Waals surface area contributed by atoms with Crippen molar-refractivity contribution in [2.45, 2.75) is 44.4 Å². The first-order chi connectivity index (χ1) is 12.3. The standard InChI is InChI=1S/C18H26FN5OS/c1-6-12(2)20-16(25)11-26-18-22-21-17(13(3)23(4)5)24(18)15-9-7-14(19)8-10-15/h7-10,12-13H,6,11H2,1-5H3,(H,20,25)/t12-,13+/m0/s1. The van der Waals surface area contributed by atoms with Gasteiger partial charge in [-0.1, -0.05) is 18.7 Å². The van der Waals surface area contributed by atoms with Crippen LogP contribution in [0, 0.1) is 5.82 Å². The second-order valence-electron chi connectivity index (χ2n) is 6.46. The van der Waals surface area contributed by atoms with Gasteiger partial charge in [-0.25, -0.2) is 4.39 Å². The van der Waals surface area contributed by atoms with Crippen LogP contribution < -0.4 is 5.32 Å². The van der Waals surface area contributed by atoms with E-state index < -0.39 is 0 Å². The third-order valence-electron chi connectivity index (χ3n) is 4.24. The number of amides is 1. The Bertz CT molecular complexity index is 732. The maximum absolute atomic E-state index is 13.3. The van der Waals surface area contributed by atoms with Gasteiger partial charge in [0, 0.05) is 11.7 Å². The molecule has 0 aliphatic rings. The number of nitrogens with one attached hydrogen (secondary N) is 1. The van der Waals surface area contributed by atoms with E-state index in [-0.39, 0.29) is 29.6 Å². The Hall–Kier alpha value is -1.93. The summed E-state index contributed by atoms with van der Waals surface area (Å²) in [5.74, 6) is 0.651. The molecule has 0 spiro atoms.